The first-order valence-electron chi connectivity index (χ1n) is 5.10. The fourth-order valence-electron chi connectivity index (χ4n) is 1.85. The van der Waals surface area contributed by atoms with E-state index < -0.39 is 0 Å². The van der Waals surface area contributed by atoms with E-state index in [2.05, 4.69) is 6.92 Å². The van der Waals surface area contributed by atoms with Crippen LogP contribution >= 0.6 is 11.6 Å². The van der Waals surface area contributed by atoms with Crippen molar-refractivity contribution in [2.24, 2.45) is 0 Å². The third kappa shape index (κ3) is 2.60. The minimum absolute atomic E-state index is 0.0864. The zero-order valence-electron chi connectivity index (χ0n) is 8.42. The van der Waals surface area contributed by atoms with Gasteiger partial charge in [0.05, 0.1) is 5.38 Å². The van der Waals surface area contributed by atoms with Gasteiger partial charge in [0.25, 0.3) is 0 Å². The molecule has 0 aliphatic carbocycles. The predicted molar refractivity (Wildman–Crippen MR) is 55.0 cm³/mol. The summed E-state index contributed by atoms with van der Waals surface area (Å²) >= 11 is 6.03. The summed E-state index contributed by atoms with van der Waals surface area (Å²) in [5.74, 6) is 0.283. The fourth-order valence-corrected chi connectivity index (χ4v) is 2.11. The van der Waals surface area contributed by atoms with Gasteiger partial charge in [-0.3, -0.25) is 4.79 Å². The third-order valence-corrected chi connectivity index (χ3v) is 2.95. The van der Waals surface area contributed by atoms with Gasteiger partial charge in [-0.1, -0.05) is 13.3 Å². The summed E-state index contributed by atoms with van der Waals surface area (Å²) in [6, 6.07) is 0.278. The molecule has 1 heterocycles. The number of carbonyl (C=O) groups excluding carboxylic acids is 1. The highest BCUT2D eigenvalue weighted by Gasteiger charge is 2.32. The summed E-state index contributed by atoms with van der Waals surface area (Å²) in [6.07, 6.45) is 3.84. The quantitative estimate of drug-likeness (QED) is 0.643. The molecule has 1 amide bonds. The molecule has 1 aliphatic rings. The smallest absolute Gasteiger partial charge is 0.222 e. The van der Waals surface area contributed by atoms with E-state index in [0.717, 1.165) is 25.8 Å². The number of carbonyl (C=O) groups is 1. The molecule has 0 spiro atoms. The van der Waals surface area contributed by atoms with E-state index in [9.17, 15) is 4.79 Å². The first-order valence-corrected chi connectivity index (χ1v) is 5.54. The molecule has 1 aliphatic heterocycles. The van der Waals surface area contributed by atoms with Crippen molar-refractivity contribution in [2.75, 3.05) is 6.54 Å². The highest BCUT2D eigenvalue weighted by Crippen LogP contribution is 2.24. The van der Waals surface area contributed by atoms with Crippen molar-refractivity contribution in [3.8, 4) is 0 Å². The molecule has 3 heteroatoms. The van der Waals surface area contributed by atoms with E-state index in [1.807, 2.05) is 11.8 Å². The SMILES string of the molecule is CCCCN1C(=O)CCC1C(C)Cl. The molecular formula is C10H18ClNO. The molecule has 0 radical (unpaired) electrons. The van der Waals surface area contributed by atoms with Crippen molar-refractivity contribution in [2.45, 2.75) is 50.9 Å². The van der Waals surface area contributed by atoms with Gasteiger partial charge < -0.3 is 4.90 Å². The van der Waals surface area contributed by atoms with Crippen molar-refractivity contribution >= 4 is 17.5 Å². The Labute approximate surface area is 85.2 Å². The highest BCUT2D eigenvalue weighted by molar-refractivity contribution is 6.21. The van der Waals surface area contributed by atoms with E-state index >= 15 is 0 Å². The number of halogens is 1. The molecule has 1 fully saturated rings. The highest BCUT2D eigenvalue weighted by atomic mass is 35.5. The maximum absolute atomic E-state index is 11.5. The fraction of sp³-hybridized carbons (Fsp3) is 0.900. The minimum Gasteiger partial charge on any atom is -0.338 e. The Hall–Kier alpha value is -0.240. The van der Waals surface area contributed by atoms with Crippen LogP contribution in [-0.4, -0.2) is 28.8 Å². The van der Waals surface area contributed by atoms with Crippen LogP contribution in [-0.2, 0) is 4.79 Å². The van der Waals surface area contributed by atoms with Crippen molar-refractivity contribution in [3.05, 3.63) is 0 Å². The van der Waals surface area contributed by atoms with Crippen molar-refractivity contribution < 1.29 is 4.79 Å². The topological polar surface area (TPSA) is 20.3 Å². The Bertz CT molecular complexity index is 182. The monoisotopic (exact) mass is 203 g/mol. The second-order valence-electron chi connectivity index (χ2n) is 3.72. The summed E-state index contributed by atoms with van der Waals surface area (Å²) in [7, 11) is 0. The van der Waals surface area contributed by atoms with Crippen LogP contribution in [0.2, 0.25) is 0 Å². The summed E-state index contributed by atoms with van der Waals surface area (Å²) in [6.45, 7) is 5.00. The number of alkyl halides is 1. The van der Waals surface area contributed by atoms with Crippen LogP contribution in [0.25, 0.3) is 0 Å². The van der Waals surface area contributed by atoms with E-state index in [1.54, 1.807) is 0 Å². The van der Waals surface area contributed by atoms with Crippen LogP contribution < -0.4 is 0 Å². The zero-order valence-corrected chi connectivity index (χ0v) is 9.18. The van der Waals surface area contributed by atoms with Crippen molar-refractivity contribution in [1.29, 1.82) is 0 Å². The number of unbranched alkanes of at least 4 members (excludes halogenated alkanes) is 1. The Balaban J connectivity index is 2.50. The molecule has 2 atom stereocenters. The largest absolute Gasteiger partial charge is 0.338 e. The standard InChI is InChI=1S/C10H18ClNO/c1-3-4-7-12-9(8(2)11)5-6-10(12)13/h8-9H,3-7H2,1-2H3. The molecule has 0 aromatic rings. The maximum Gasteiger partial charge on any atom is 0.222 e. The molecule has 13 heavy (non-hydrogen) atoms. The average Bonchev–Trinajstić information content (AvgIpc) is 2.43. The van der Waals surface area contributed by atoms with E-state index in [-0.39, 0.29) is 17.3 Å². The average molecular weight is 204 g/mol. The van der Waals surface area contributed by atoms with Gasteiger partial charge in [0.15, 0.2) is 0 Å². The second kappa shape index (κ2) is 4.85. The molecule has 1 rings (SSSR count). The lowest BCUT2D eigenvalue weighted by molar-refractivity contribution is -0.129. The summed E-state index contributed by atoms with van der Waals surface area (Å²) in [4.78, 5) is 13.4. The van der Waals surface area contributed by atoms with Crippen LogP contribution in [0.3, 0.4) is 0 Å². The predicted octanol–water partition coefficient (Wildman–Crippen LogP) is 2.40. The van der Waals surface area contributed by atoms with Gasteiger partial charge >= 0.3 is 0 Å². The van der Waals surface area contributed by atoms with Crippen molar-refractivity contribution in [3.63, 3.8) is 0 Å². The molecule has 0 N–H and O–H groups in total. The lowest BCUT2D eigenvalue weighted by atomic mass is 10.1. The van der Waals surface area contributed by atoms with Gasteiger partial charge in [0.1, 0.15) is 0 Å². The molecule has 2 unspecified atom stereocenters. The first kappa shape index (κ1) is 10.8. The molecule has 2 nitrogen and oxygen atoms in total. The second-order valence-corrected chi connectivity index (χ2v) is 4.41. The van der Waals surface area contributed by atoms with Crippen molar-refractivity contribution in [1.82, 2.24) is 4.90 Å². The summed E-state index contributed by atoms with van der Waals surface area (Å²) in [5.41, 5.74) is 0. The first-order chi connectivity index (χ1) is 6.16. The molecular weight excluding hydrogens is 186 g/mol. The minimum atomic E-state index is 0.0864. The summed E-state index contributed by atoms with van der Waals surface area (Å²) < 4.78 is 0. The molecule has 0 aromatic heterocycles. The van der Waals surface area contributed by atoms with Crippen LogP contribution in [0.4, 0.5) is 0 Å². The lowest BCUT2D eigenvalue weighted by Gasteiger charge is -2.26. The summed E-state index contributed by atoms with van der Waals surface area (Å²) in [5, 5.41) is 0.0864. The van der Waals surface area contributed by atoms with Crippen LogP contribution in [0.1, 0.15) is 39.5 Å². The number of amides is 1. The molecule has 0 bridgehead atoms. The Morgan fingerprint density at radius 2 is 2.38 bits per heavy atom. The van der Waals surface area contributed by atoms with Crippen LogP contribution in [0.5, 0.6) is 0 Å². The normalized spacial score (nSPS) is 25.3. The van der Waals surface area contributed by atoms with E-state index in [0.29, 0.717) is 6.42 Å². The number of hydrogen-bond donors (Lipinski definition) is 0. The van der Waals surface area contributed by atoms with Gasteiger partial charge in [0.2, 0.25) is 5.91 Å². The lowest BCUT2D eigenvalue weighted by Crippen LogP contribution is -2.38. The van der Waals surface area contributed by atoms with E-state index in [1.165, 1.54) is 0 Å². The number of nitrogens with zero attached hydrogens (tertiary/aromatic N) is 1. The molecule has 76 valence electrons. The van der Waals surface area contributed by atoms with Gasteiger partial charge in [-0.05, 0) is 19.8 Å². The molecule has 0 saturated carbocycles. The third-order valence-electron chi connectivity index (χ3n) is 2.66. The molecule has 1 saturated heterocycles. The Kier molecular flexibility index (Phi) is 4.04. The van der Waals surface area contributed by atoms with Gasteiger partial charge in [-0.2, -0.15) is 0 Å². The zero-order chi connectivity index (χ0) is 9.84. The van der Waals surface area contributed by atoms with Gasteiger partial charge in [-0.25, -0.2) is 0 Å². The number of likely N-dealkylation sites (tertiary alicyclic amines) is 1. The Morgan fingerprint density at radius 1 is 1.69 bits per heavy atom. The van der Waals surface area contributed by atoms with E-state index in [4.69, 9.17) is 11.6 Å². The van der Waals surface area contributed by atoms with Crippen LogP contribution in [0, 0.1) is 0 Å². The Morgan fingerprint density at radius 3 is 2.92 bits per heavy atom. The maximum atomic E-state index is 11.5. The van der Waals surface area contributed by atoms with Gasteiger partial charge in [0, 0.05) is 19.0 Å². The number of rotatable bonds is 4. The number of hydrogen-bond acceptors (Lipinski definition) is 1. The molecule has 0 aromatic carbocycles. The van der Waals surface area contributed by atoms with Crippen LogP contribution in [0.15, 0.2) is 0 Å². The van der Waals surface area contributed by atoms with Gasteiger partial charge in [-0.15, -0.1) is 11.6 Å².